The highest BCUT2D eigenvalue weighted by Gasteiger charge is 2.36. The number of nitrogens with zero attached hydrogens (tertiary/aromatic N) is 1. The molecule has 2 aromatic rings. The molecule has 8 nitrogen and oxygen atoms in total. The van der Waals surface area contributed by atoms with Crippen LogP contribution in [0.25, 0.3) is 0 Å². The molecule has 0 atom stereocenters. The third-order valence-corrected chi connectivity index (χ3v) is 5.99. The maximum Gasteiger partial charge on any atom is 0.286 e. The molecule has 1 amide bonds. The van der Waals surface area contributed by atoms with Gasteiger partial charge in [0.25, 0.3) is 11.6 Å². The number of ether oxygens (including phenoxy) is 3. The zero-order chi connectivity index (χ0) is 22.4. The van der Waals surface area contributed by atoms with Gasteiger partial charge in [-0.25, -0.2) is 0 Å². The normalized spacial score (nSPS) is 15.2. The van der Waals surface area contributed by atoms with Crippen LogP contribution in [0.1, 0.15) is 35.7 Å². The van der Waals surface area contributed by atoms with Crippen LogP contribution < -0.4 is 14.8 Å². The van der Waals surface area contributed by atoms with Crippen molar-refractivity contribution in [2.45, 2.75) is 25.2 Å². The average molecular weight is 493 g/mol. The summed E-state index contributed by atoms with van der Waals surface area (Å²) in [6.07, 6.45) is 1.47. The molecule has 0 spiro atoms. The molecule has 9 heteroatoms. The van der Waals surface area contributed by atoms with Gasteiger partial charge in [-0.3, -0.25) is 14.9 Å². The summed E-state index contributed by atoms with van der Waals surface area (Å²) in [6, 6.07) is 10.6. The molecule has 0 bridgehead atoms. The van der Waals surface area contributed by atoms with Gasteiger partial charge in [-0.1, -0.05) is 28.1 Å². The lowest BCUT2D eigenvalue weighted by molar-refractivity contribution is -0.385. The number of methoxy groups -OCH3 is 1. The topological polar surface area (TPSA) is 99.9 Å². The van der Waals surface area contributed by atoms with E-state index in [0.717, 1.165) is 22.9 Å². The molecule has 1 aliphatic rings. The number of hydrogen-bond acceptors (Lipinski definition) is 6. The van der Waals surface area contributed by atoms with E-state index in [1.807, 2.05) is 24.3 Å². The van der Waals surface area contributed by atoms with Crippen molar-refractivity contribution in [1.29, 1.82) is 0 Å². The minimum atomic E-state index is -0.588. The molecule has 0 aliphatic carbocycles. The van der Waals surface area contributed by atoms with Crippen molar-refractivity contribution in [2.75, 3.05) is 33.5 Å². The van der Waals surface area contributed by atoms with Gasteiger partial charge in [-0.15, -0.1) is 0 Å². The number of nitro benzene ring substituents is 1. The van der Waals surface area contributed by atoms with Crippen LogP contribution in [-0.2, 0) is 10.2 Å². The van der Waals surface area contributed by atoms with Gasteiger partial charge >= 0.3 is 0 Å². The molecular weight excluding hydrogens is 468 g/mol. The molecule has 0 unspecified atom stereocenters. The van der Waals surface area contributed by atoms with Crippen LogP contribution in [0.2, 0.25) is 0 Å². The first-order valence-electron chi connectivity index (χ1n) is 10.0. The Balaban J connectivity index is 1.90. The Morgan fingerprint density at radius 1 is 1.26 bits per heavy atom. The van der Waals surface area contributed by atoms with Crippen LogP contribution in [0, 0.1) is 10.1 Å². The molecule has 1 aliphatic heterocycles. The first-order chi connectivity index (χ1) is 14.9. The van der Waals surface area contributed by atoms with Crippen molar-refractivity contribution in [3.8, 4) is 11.5 Å². The van der Waals surface area contributed by atoms with Gasteiger partial charge in [0.05, 0.1) is 24.7 Å². The fourth-order valence-electron chi connectivity index (χ4n) is 3.80. The maximum atomic E-state index is 13.0. The van der Waals surface area contributed by atoms with Crippen molar-refractivity contribution in [2.24, 2.45) is 0 Å². The first kappa shape index (κ1) is 23.0. The van der Waals surface area contributed by atoms with Gasteiger partial charge in [0.15, 0.2) is 11.5 Å². The van der Waals surface area contributed by atoms with Crippen LogP contribution in [0.15, 0.2) is 40.9 Å². The van der Waals surface area contributed by atoms with Crippen molar-refractivity contribution in [3.63, 3.8) is 0 Å². The second kappa shape index (κ2) is 10.1. The molecule has 0 radical (unpaired) electrons. The lowest BCUT2D eigenvalue weighted by atomic mass is 9.74. The number of nitro groups is 1. The summed E-state index contributed by atoms with van der Waals surface area (Å²) in [5, 5.41) is 14.5. The Morgan fingerprint density at radius 3 is 2.61 bits per heavy atom. The second-order valence-corrected chi connectivity index (χ2v) is 8.21. The van der Waals surface area contributed by atoms with Crippen LogP contribution in [0.4, 0.5) is 5.69 Å². The molecule has 1 saturated heterocycles. The summed E-state index contributed by atoms with van der Waals surface area (Å²) >= 11 is 3.51. The van der Waals surface area contributed by atoms with Gasteiger partial charge < -0.3 is 19.5 Å². The second-order valence-electron chi connectivity index (χ2n) is 7.30. The number of rotatable bonds is 8. The lowest BCUT2D eigenvalue weighted by Crippen LogP contribution is -2.44. The molecule has 1 heterocycles. The molecule has 1 N–H and O–H groups in total. The quantitative estimate of drug-likeness (QED) is 0.436. The average Bonchev–Trinajstić information content (AvgIpc) is 2.78. The van der Waals surface area contributed by atoms with Crippen molar-refractivity contribution >= 4 is 27.5 Å². The Morgan fingerprint density at radius 2 is 2.00 bits per heavy atom. The molecular formula is C22H25BrN2O6. The van der Waals surface area contributed by atoms with E-state index in [0.29, 0.717) is 26.4 Å². The predicted octanol–water partition coefficient (Wildman–Crippen LogP) is 4.24. The summed E-state index contributed by atoms with van der Waals surface area (Å²) in [4.78, 5) is 24.1. The smallest absolute Gasteiger partial charge is 0.286 e. The van der Waals surface area contributed by atoms with E-state index in [2.05, 4.69) is 21.2 Å². The maximum absolute atomic E-state index is 13.0. The van der Waals surface area contributed by atoms with E-state index in [-0.39, 0.29) is 28.2 Å². The van der Waals surface area contributed by atoms with Gasteiger partial charge in [0.2, 0.25) is 0 Å². The van der Waals surface area contributed by atoms with E-state index < -0.39 is 10.8 Å². The monoisotopic (exact) mass is 492 g/mol. The van der Waals surface area contributed by atoms with E-state index in [9.17, 15) is 14.9 Å². The van der Waals surface area contributed by atoms with Gasteiger partial charge in [0.1, 0.15) is 5.56 Å². The standard InChI is InChI=1S/C22H25BrN2O6/c1-3-31-20-13-18(25(27)28)17(12-19(20)29-2)21(26)24-14-22(7-9-30-10-8-22)15-5-4-6-16(23)11-15/h4-6,11-13H,3,7-10,14H2,1-2H3,(H,24,26). The first-order valence-corrected chi connectivity index (χ1v) is 10.8. The van der Waals surface area contributed by atoms with Crippen molar-refractivity contribution in [1.82, 2.24) is 5.32 Å². The number of nitrogens with one attached hydrogen (secondary N) is 1. The Labute approximate surface area is 189 Å². The van der Waals surface area contributed by atoms with E-state index in [1.165, 1.54) is 19.2 Å². The molecule has 0 aromatic heterocycles. The van der Waals surface area contributed by atoms with E-state index in [1.54, 1.807) is 6.92 Å². The predicted molar refractivity (Wildman–Crippen MR) is 119 cm³/mol. The summed E-state index contributed by atoms with van der Waals surface area (Å²) in [6.45, 7) is 3.58. The van der Waals surface area contributed by atoms with Crippen LogP contribution in [-0.4, -0.2) is 44.3 Å². The Hall–Kier alpha value is -2.65. The van der Waals surface area contributed by atoms with Crippen LogP contribution in [0.5, 0.6) is 11.5 Å². The molecule has 31 heavy (non-hydrogen) atoms. The highest BCUT2D eigenvalue weighted by atomic mass is 79.9. The van der Waals surface area contributed by atoms with Gasteiger partial charge in [-0.2, -0.15) is 0 Å². The molecule has 0 saturated carbocycles. The van der Waals surface area contributed by atoms with Crippen molar-refractivity contribution in [3.05, 3.63) is 62.1 Å². The number of halogens is 1. The number of carbonyl (C=O) groups is 1. The minimum absolute atomic E-state index is 0.0678. The zero-order valence-corrected chi connectivity index (χ0v) is 19.1. The molecule has 2 aromatic carbocycles. The zero-order valence-electron chi connectivity index (χ0n) is 17.5. The number of benzene rings is 2. The third kappa shape index (κ3) is 5.16. The third-order valence-electron chi connectivity index (χ3n) is 5.50. The van der Waals surface area contributed by atoms with Crippen LogP contribution in [0.3, 0.4) is 0 Å². The fraction of sp³-hybridized carbons (Fsp3) is 0.409. The number of carbonyl (C=O) groups excluding carboxylic acids is 1. The summed E-state index contributed by atoms with van der Waals surface area (Å²) < 4.78 is 17.2. The summed E-state index contributed by atoms with van der Waals surface area (Å²) in [7, 11) is 1.43. The highest BCUT2D eigenvalue weighted by molar-refractivity contribution is 9.10. The van der Waals surface area contributed by atoms with E-state index in [4.69, 9.17) is 14.2 Å². The molecule has 166 valence electrons. The fourth-order valence-corrected chi connectivity index (χ4v) is 4.20. The largest absolute Gasteiger partial charge is 0.493 e. The molecule has 3 rings (SSSR count). The number of amides is 1. The summed E-state index contributed by atoms with van der Waals surface area (Å²) in [5.74, 6) is -0.0393. The molecule has 1 fully saturated rings. The Kier molecular flexibility index (Phi) is 7.50. The summed E-state index contributed by atoms with van der Waals surface area (Å²) in [5.41, 5.74) is 0.373. The van der Waals surface area contributed by atoms with Crippen molar-refractivity contribution < 1.29 is 23.9 Å². The Bertz CT molecular complexity index is 959. The highest BCUT2D eigenvalue weighted by Crippen LogP contribution is 2.37. The van der Waals surface area contributed by atoms with Crippen LogP contribution >= 0.6 is 15.9 Å². The minimum Gasteiger partial charge on any atom is -0.493 e. The van der Waals surface area contributed by atoms with Gasteiger partial charge in [-0.05, 0) is 37.5 Å². The van der Waals surface area contributed by atoms with Gasteiger partial charge in [0, 0.05) is 35.7 Å². The lowest BCUT2D eigenvalue weighted by Gasteiger charge is -2.38. The SMILES string of the molecule is CCOc1cc([N+](=O)[O-])c(C(=O)NCC2(c3cccc(Br)c3)CCOCC2)cc1OC. The van der Waals surface area contributed by atoms with E-state index >= 15 is 0 Å². The number of hydrogen-bond donors (Lipinski definition) is 1.